The normalized spacial score (nSPS) is 11.5. The Balaban J connectivity index is 0.000000564. The van der Waals surface area contributed by atoms with Gasteiger partial charge >= 0.3 is 0 Å². The van der Waals surface area contributed by atoms with Gasteiger partial charge in [0.25, 0.3) is 0 Å². The average Bonchev–Trinajstić information content (AvgIpc) is 3.66. The Hall–Kier alpha value is -6.38. The molecule has 0 spiro atoms. The molecular formula is C51H59N5. The van der Waals surface area contributed by atoms with Gasteiger partial charge in [-0.2, -0.15) is 0 Å². The number of aromatic nitrogens is 4. The Morgan fingerprint density at radius 3 is 1.41 bits per heavy atom. The summed E-state index contributed by atoms with van der Waals surface area (Å²) < 4.78 is 4.64. The van der Waals surface area contributed by atoms with Crippen LogP contribution in [0.25, 0.3) is 55.0 Å². The first kappa shape index (κ1) is 44.0. The zero-order valence-corrected chi connectivity index (χ0v) is 35.0. The van der Waals surface area contributed by atoms with Crippen LogP contribution in [-0.4, -0.2) is 38.1 Å². The fraction of sp³-hybridized carbons (Fsp3) is 0.216. The second kappa shape index (κ2) is 21.5. The molecule has 5 heteroatoms. The summed E-state index contributed by atoms with van der Waals surface area (Å²) in [6, 6.07) is 17.8. The molecule has 6 rings (SSSR count). The van der Waals surface area contributed by atoms with E-state index in [1.165, 1.54) is 21.9 Å². The Labute approximate surface area is 335 Å². The van der Waals surface area contributed by atoms with Gasteiger partial charge in [0, 0.05) is 59.2 Å². The van der Waals surface area contributed by atoms with Crippen molar-refractivity contribution in [3.05, 3.63) is 170 Å². The third-order valence-corrected chi connectivity index (χ3v) is 8.94. The van der Waals surface area contributed by atoms with E-state index in [0.717, 1.165) is 55.4 Å². The molecule has 4 aromatic heterocycles. The number of nitrogens with zero attached hydrogens (tertiary/aromatic N) is 5. The summed E-state index contributed by atoms with van der Waals surface area (Å²) in [5.74, 6) is 2.90. The van der Waals surface area contributed by atoms with Crippen molar-refractivity contribution in [2.75, 3.05) is 14.1 Å². The highest BCUT2D eigenvalue weighted by atomic mass is 15.2. The third kappa shape index (κ3) is 10.9. The maximum Gasteiger partial charge on any atom is 0.142 e. The molecule has 0 saturated carbocycles. The molecule has 0 bridgehead atoms. The van der Waals surface area contributed by atoms with Crippen LogP contribution in [0.4, 0.5) is 0 Å². The van der Waals surface area contributed by atoms with Crippen molar-refractivity contribution in [2.45, 2.75) is 55.1 Å². The number of aryl methyl sites for hydroxylation is 2. The molecule has 4 heterocycles. The van der Waals surface area contributed by atoms with Gasteiger partial charge in [0.1, 0.15) is 18.0 Å². The minimum absolute atomic E-state index is 0.588. The summed E-state index contributed by atoms with van der Waals surface area (Å²) in [7, 11) is 3.88. The van der Waals surface area contributed by atoms with Crippen molar-refractivity contribution in [1.29, 1.82) is 0 Å². The van der Waals surface area contributed by atoms with Gasteiger partial charge in [0.2, 0.25) is 0 Å². The summed E-state index contributed by atoms with van der Waals surface area (Å²) in [5, 5.41) is 4.68. The highest BCUT2D eigenvalue weighted by Crippen LogP contribution is 2.35. The summed E-state index contributed by atoms with van der Waals surface area (Å²) in [5.41, 5.74) is 11.1. The first-order valence-electron chi connectivity index (χ1n) is 18.9. The minimum atomic E-state index is 0.588. The SMILES string of the molecule is C#CC.C=C/C=C\C(=C/C)c1cnc2c(c1)c1cc(C)ccc1n2Cn1c2ccc(C)cc2c2cc(C(/C=C\C=C)=C/C)cnc21.C=CC(C)C.C=CN(C)C. The van der Waals surface area contributed by atoms with Crippen LogP contribution in [0.15, 0.2) is 148 Å². The predicted octanol–water partition coefficient (Wildman–Crippen LogP) is 13.3. The number of benzene rings is 2. The number of fused-ring (bicyclic) bond motifs is 6. The second-order valence-electron chi connectivity index (χ2n) is 13.8. The second-order valence-corrected chi connectivity index (χ2v) is 13.8. The van der Waals surface area contributed by atoms with E-state index in [4.69, 9.17) is 9.97 Å². The third-order valence-electron chi connectivity index (χ3n) is 8.94. The van der Waals surface area contributed by atoms with Gasteiger partial charge in [0.05, 0.1) is 11.0 Å². The molecule has 0 aliphatic carbocycles. The van der Waals surface area contributed by atoms with E-state index in [-0.39, 0.29) is 0 Å². The molecule has 0 fully saturated rings. The molecule has 0 unspecified atom stereocenters. The summed E-state index contributed by atoms with van der Waals surface area (Å²) in [4.78, 5) is 12.0. The van der Waals surface area contributed by atoms with Gasteiger partial charge < -0.3 is 14.0 Å². The van der Waals surface area contributed by atoms with Crippen molar-refractivity contribution in [3.8, 4) is 12.3 Å². The molecule has 6 aromatic rings. The molecule has 0 aliphatic rings. The first-order chi connectivity index (χ1) is 26.9. The first-order valence-corrected chi connectivity index (χ1v) is 18.9. The number of allylic oxidation sites excluding steroid dienone is 11. The standard InChI is InChI=1S/C39H36N4.C5H10.C4H9N.C3H4/c1-7-11-13-28(9-3)30-21-34-32-19-26(5)15-17-36(32)42(38(34)40-23-30)25-43-37-18-16-27(6)20-33(37)35-22-31(24-41-39(35)43)29(10-4)14-12-8-2;2*1-4-5(2)3;1-3-2/h7-24H,1-2,25H2,3-6H3;4-5H,1H2,2-3H3;4H,1H2,2-3H3;1H,2H3/b13-11-,14-12-,28-9+,29-10+;;;. The van der Waals surface area contributed by atoms with E-state index < -0.39 is 0 Å². The average molecular weight is 742 g/mol. The Bertz CT molecular complexity index is 2310. The topological polar surface area (TPSA) is 38.9 Å². The van der Waals surface area contributed by atoms with Crippen LogP contribution in [0.1, 0.15) is 56.9 Å². The van der Waals surface area contributed by atoms with E-state index in [9.17, 15) is 0 Å². The van der Waals surface area contributed by atoms with Gasteiger partial charge in [-0.25, -0.2) is 9.97 Å². The number of rotatable bonds is 10. The molecule has 0 atom stereocenters. The van der Waals surface area contributed by atoms with Gasteiger partial charge in [0.15, 0.2) is 0 Å². The molecule has 288 valence electrons. The van der Waals surface area contributed by atoms with E-state index in [0.29, 0.717) is 12.6 Å². The molecular weight excluding hydrogens is 683 g/mol. The Morgan fingerprint density at radius 1 is 0.732 bits per heavy atom. The monoisotopic (exact) mass is 741 g/mol. The quantitative estimate of drug-likeness (QED) is 0.0797. The lowest BCUT2D eigenvalue weighted by atomic mass is 10.0. The van der Waals surface area contributed by atoms with Crippen LogP contribution >= 0.6 is 0 Å². The largest absolute Gasteiger partial charge is 0.384 e. The maximum atomic E-state index is 5.06. The number of pyridine rings is 2. The van der Waals surface area contributed by atoms with Crippen LogP contribution in [-0.2, 0) is 6.67 Å². The summed E-state index contributed by atoms with van der Waals surface area (Å²) in [6.07, 6.45) is 28.1. The van der Waals surface area contributed by atoms with Crippen LogP contribution in [0.3, 0.4) is 0 Å². The molecule has 5 nitrogen and oxygen atoms in total. The summed E-state index contributed by atoms with van der Waals surface area (Å²) in [6.45, 7) is 29.5. The highest BCUT2D eigenvalue weighted by Gasteiger charge is 2.18. The van der Waals surface area contributed by atoms with Crippen molar-refractivity contribution >= 4 is 55.0 Å². The maximum absolute atomic E-state index is 5.06. The van der Waals surface area contributed by atoms with Crippen LogP contribution < -0.4 is 0 Å². The fourth-order valence-electron chi connectivity index (χ4n) is 5.98. The molecule has 0 radical (unpaired) electrons. The van der Waals surface area contributed by atoms with Gasteiger partial charge in [-0.05, 0) is 94.3 Å². The molecule has 0 amide bonds. The van der Waals surface area contributed by atoms with E-state index in [1.54, 1.807) is 25.3 Å². The van der Waals surface area contributed by atoms with E-state index >= 15 is 0 Å². The smallest absolute Gasteiger partial charge is 0.142 e. The molecule has 56 heavy (non-hydrogen) atoms. The predicted molar refractivity (Wildman–Crippen MR) is 249 cm³/mol. The van der Waals surface area contributed by atoms with Crippen molar-refractivity contribution < 1.29 is 0 Å². The number of hydrogen-bond acceptors (Lipinski definition) is 3. The zero-order valence-electron chi connectivity index (χ0n) is 35.0. The lowest BCUT2D eigenvalue weighted by Gasteiger charge is -2.12. The zero-order chi connectivity index (χ0) is 41.4. The van der Waals surface area contributed by atoms with Gasteiger partial charge in [-0.1, -0.05) is 112 Å². The van der Waals surface area contributed by atoms with E-state index in [1.807, 2.05) is 49.6 Å². The summed E-state index contributed by atoms with van der Waals surface area (Å²) >= 11 is 0. The van der Waals surface area contributed by atoms with Crippen LogP contribution in [0.5, 0.6) is 0 Å². The van der Waals surface area contributed by atoms with Crippen LogP contribution in [0, 0.1) is 32.1 Å². The molecule has 0 aliphatic heterocycles. The molecule has 2 aromatic carbocycles. The van der Waals surface area contributed by atoms with Crippen molar-refractivity contribution in [2.24, 2.45) is 5.92 Å². The van der Waals surface area contributed by atoms with Gasteiger partial charge in [-0.15, -0.1) is 18.9 Å². The lowest BCUT2D eigenvalue weighted by molar-refractivity contribution is 0.566. The molecule has 0 N–H and O–H groups in total. The Morgan fingerprint density at radius 2 is 1.11 bits per heavy atom. The minimum Gasteiger partial charge on any atom is -0.384 e. The Kier molecular flexibility index (Phi) is 16.9. The molecule has 0 saturated heterocycles. The van der Waals surface area contributed by atoms with Gasteiger partial charge in [-0.3, -0.25) is 0 Å². The number of terminal acetylenes is 1. The van der Waals surface area contributed by atoms with Crippen LogP contribution in [0.2, 0.25) is 0 Å². The highest BCUT2D eigenvalue weighted by molar-refractivity contribution is 6.09. The number of hydrogen-bond donors (Lipinski definition) is 0. The van der Waals surface area contributed by atoms with Crippen molar-refractivity contribution in [1.82, 2.24) is 24.0 Å². The fourth-order valence-corrected chi connectivity index (χ4v) is 5.98. The van der Waals surface area contributed by atoms with E-state index in [2.05, 4.69) is 162 Å². The van der Waals surface area contributed by atoms with Crippen molar-refractivity contribution in [3.63, 3.8) is 0 Å². The lowest BCUT2D eigenvalue weighted by Crippen LogP contribution is -2.09.